The number of nitrogens with one attached hydrogen (secondary N) is 1. The van der Waals surface area contributed by atoms with Crippen molar-refractivity contribution in [3.63, 3.8) is 0 Å². The second-order valence-electron chi connectivity index (χ2n) is 5.50. The molecule has 0 atom stereocenters. The molecule has 1 saturated heterocycles. The largest absolute Gasteiger partial charge is 0.495 e. The highest BCUT2D eigenvalue weighted by Gasteiger charge is 2.19. The molecule has 0 saturated carbocycles. The van der Waals surface area contributed by atoms with Gasteiger partial charge in [0.25, 0.3) is 0 Å². The predicted molar refractivity (Wildman–Crippen MR) is 91.3 cm³/mol. The van der Waals surface area contributed by atoms with E-state index in [0.717, 1.165) is 44.9 Å². The summed E-state index contributed by atoms with van der Waals surface area (Å²) in [6, 6.07) is 8.15. The standard InChI is InChI=1S/C17H27N3O3/c1-3-23-17(21)18-9-6-10-19-11-13-20(14-12-19)15-7-4-5-8-16(15)22-2/h4-5,7-8H,3,6,9-14H2,1-2H3,(H,18,21). The number of benzene rings is 1. The van der Waals surface area contributed by atoms with Crippen LogP contribution in [0.3, 0.4) is 0 Å². The molecule has 1 aliphatic heterocycles. The third kappa shape index (κ3) is 5.32. The van der Waals surface area contributed by atoms with Crippen LogP contribution in [0, 0.1) is 0 Å². The van der Waals surface area contributed by atoms with Crippen molar-refractivity contribution in [2.24, 2.45) is 0 Å². The monoisotopic (exact) mass is 321 g/mol. The Morgan fingerprint density at radius 2 is 1.96 bits per heavy atom. The van der Waals surface area contributed by atoms with Crippen LogP contribution in [0.5, 0.6) is 5.75 Å². The second kappa shape index (κ2) is 9.25. The zero-order valence-electron chi connectivity index (χ0n) is 14.1. The van der Waals surface area contributed by atoms with Crippen LogP contribution in [-0.2, 0) is 4.74 Å². The van der Waals surface area contributed by atoms with E-state index in [4.69, 9.17) is 9.47 Å². The Hall–Kier alpha value is -1.95. The van der Waals surface area contributed by atoms with Crippen molar-refractivity contribution >= 4 is 11.8 Å². The maximum atomic E-state index is 11.2. The summed E-state index contributed by atoms with van der Waals surface area (Å²) in [4.78, 5) is 16.0. The molecular formula is C17H27N3O3. The van der Waals surface area contributed by atoms with E-state index < -0.39 is 0 Å². The van der Waals surface area contributed by atoms with Gasteiger partial charge in [0.05, 0.1) is 19.4 Å². The first kappa shape index (κ1) is 17.4. The molecule has 1 aromatic carbocycles. The summed E-state index contributed by atoms with van der Waals surface area (Å²) >= 11 is 0. The highest BCUT2D eigenvalue weighted by molar-refractivity contribution is 5.66. The number of nitrogens with zero attached hydrogens (tertiary/aromatic N) is 2. The summed E-state index contributed by atoms with van der Waals surface area (Å²) in [7, 11) is 1.71. The van der Waals surface area contributed by atoms with E-state index in [9.17, 15) is 4.79 Å². The van der Waals surface area contributed by atoms with Crippen LogP contribution >= 0.6 is 0 Å². The van der Waals surface area contributed by atoms with Crippen molar-refractivity contribution in [3.05, 3.63) is 24.3 Å². The Morgan fingerprint density at radius 3 is 2.65 bits per heavy atom. The van der Waals surface area contributed by atoms with Gasteiger partial charge in [-0.3, -0.25) is 4.90 Å². The van der Waals surface area contributed by atoms with Gasteiger partial charge in [0.1, 0.15) is 5.75 Å². The van der Waals surface area contributed by atoms with Crippen molar-refractivity contribution in [2.75, 3.05) is 57.9 Å². The highest BCUT2D eigenvalue weighted by atomic mass is 16.5. The average Bonchev–Trinajstić information content (AvgIpc) is 2.59. The molecule has 1 amide bonds. The normalized spacial score (nSPS) is 15.3. The van der Waals surface area contributed by atoms with Crippen LogP contribution in [0.25, 0.3) is 0 Å². The molecule has 1 fully saturated rings. The van der Waals surface area contributed by atoms with Crippen LogP contribution < -0.4 is 15.0 Å². The van der Waals surface area contributed by atoms with E-state index in [0.29, 0.717) is 13.2 Å². The maximum absolute atomic E-state index is 11.2. The van der Waals surface area contributed by atoms with Gasteiger partial charge < -0.3 is 19.7 Å². The van der Waals surface area contributed by atoms with Gasteiger partial charge in [0, 0.05) is 32.7 Å². The summed E-state index contributed by atoms with van der Waals surface area (Å²) < 4.78 is 10.3. The van der Waals surface area contributed by atoms with Crippen LogP contribution in [0.1, 0.15) is 13.3 Å². The molecule has 1 heterocycles. The number of hydrogen-bond acceptors (Lipinski definition) is 5. The van der Waals surface area contributed by atoms with E-state index in [2.05, 4.69) is 21.2 Å². The second-order valence-corrected chi connectivity index (χ2v) is 5.50. The molecule has 1 aromatic rings. The van der Waals surface area contributed by atoms with Crippen molar-refractivity contribution in [3.8, 4) is 5.75 Å². The molecule has 6 heteroatoms. The number of alkyl carbamates (subject to hydrolysis) is 1. The minimum absolute atomic E-state index is 0.325. The van der Waals surface area contributed by atoms with Gasteiger partial charge in [-0.2, -0.15) is 0 Å². The minimum Gasteiger partial charge on any atom is -0.495 e. The lowest BCUT2D eigenvalue weighted by Crippen LogP contribution is -2.47. The average molecular weight is 321 g/mol. The van der Waals surface area contributed by atoms with Crippen molar-refractivity contribution in [1.82, 2.24) is 10.2 Å². The van der Waals surface area contributed by atoms with Crippen molar-refractivity contribution in [1.29, 1.82) is 0 Å². The molecule has 128 valence electrons. The molecule has 1 N–H and O–H groups in total. The molecule has 0 aromatic heterocycles. The van der Waals surface area contributed by atoms with Crippen molar-refractivity contribution in [2.45, 2.75) is 13.3 Å². The third-order valence-electron chi connectivity index (χ3n) is 3.99. The summed E-state index contributed by atoms with van der Waals surface area (Å²) in [6.07, 6.45) is 0.612. The predicted octanol–water partition coefficient (Wildman–Crippen LogP) is 1.95. The first-order chi connectivity index (χ1) is 11.2. The zero-order chi connectivity index (χ0) is 16.5. The van der Waals surface area contributed by atoms with E-state index in [-0.39, 0.29) is 6.09 Å². The van der Waals surface area contributed by atoms with E-state index in [1.54, 1.807) is 14.0 Å². The Bertz CT molecular complexity index is 488. The molecule has 0 unspecified atom stereocenters. The van der Waals surface area contributed by atoms with Gasteiger partial charge in [-0.15, -0.1) is 0 Å². The number of para-hydroxylation sites is 2. The summed E-state index contributed by atoms with van der Waals surface area (Å²) in [6.45, 7) is 7.90. The summed E-state index contributed by atoms with van der Waals surface area (Å²) in [5.41, 5.74) is 1.17. The third-order valence-corrected chi connectivity index (χ3v) is 3.99. The first-order valence-corrected chi connectivity index (χ1v) is 8.25. The van der Waals surface area contributed by atoms with E-state index in [1.165, 1.54) is 5.69 Å². The fourth-order valence-corrected chi connectivity index (χ4v) is 2.78. The van der Waals surface area contributed by atoms with Gasteiger partial charge in [-0.1, -0.05) is 12.1 Å². The molecule has 1 aliphatic rings. The Labute approximate surface area is 138 Å². The van der Waals surface area contributed by atoms with Crippen LogP contribution in [0.4, 0.5) is 10.5 Å². The van der Waals surface area contributed by atoms with Gasteiger partial charge in [0.15, 0.2) is 0 Å². The molecular weight excluding hydrogens is 294 g/mol. The van der Waals surface area contributed by atoms with Crippen LogP contribution in [-0.4, -0.2) is 64.0 Å². The number of carbonyl (C=O) groups is 1. The number of amides is 1. The van der Waals surface area contributed by atoms with Gasteiger partial charge in [0.2, 0.25) is 0 Å². The number of ether oxygens (including phenoxy) is 2. The highest BCUT2D eigenvalue weighted by Crippen LogP contribution is 2.28. The Kier molecular flexibility index (Phi) is 7.00. The fraction of sp³-hybridized carbons (Fsp3) is 0.588. The lowest BCUT2D eigenvalue weighted by atomic mass is 10.2. The molecule has 23 heavy (non-hydrogen) atoms. The molecule has 6 nitrogen and oxygen atoms in total. The quantitative estimate of drug-likeness (QED) is 0.778. The smallest absolute Gasteiger partial charge is 0.407 e. The molecule has 0 spiro atoms. The number of anilines is 1. The van der Waals surface area contributed by atoms with Gasteiger partial charge >= 0.3 is 6.09 Å². The maximum Gasteiger partial charge on any atom is 0.407 e. The minimum atomic E-state index is -0.325. The van der Waals surface area contributed by atoms with E-state index in [1.807, 2.05) is 18.2 Å². The summed E-state index contributed by atoms with van der Waals surface area (Å²) in [5, 5.41) is 2.76. The Morgan fingerprint density at radius 1 is 1.22 bits per heavy atom. The molecule has 0 aliphatic carbocycles. The molecule has 2 rings (SSSR count). The van der Waals surface area contributed by atoms with Gasteiger partial charge in [-0.05, 0) is 32.0 Å². The SMILES string of the molecule is CCOC(=O)NCCCN1CCN(c2ccccc2OC)CC1. The Balaban J connectivity index is 1.69. The number of piperazine rings is 1. The fourth-order valence-electron chi connectivity index (χ4n) is 2.78. The first-order valence-electron chi connectivity index (χ1n) is 8.25. The van der Waals surface area contributed by atoms with Crippen LogP contribution in [0.2, 0.25) is 0 Å². The number of hydrogen-bond donors (Lipinski definition) is 1. The number of methoxy groups -OCH3 is 1. The number of carbonyl (C=O) groups excluding carboxylic acids is 1. The van der Waals surface area contributed by atoms with Crippen molar-refractivity contribution < 1.29 is 14.3 Å². The topological polar surface area (TPSA) is 54.0 Å². The lowest BCUT2D eigenvalue weighted by Gasteiger charge is -2.36. The van der Waals surface area contributed by atoms with Crippen LogP contribution in [0.15, 0.2) is 24.3 Å². The molecule has 0 bridgehead atoms. The van der Waals surface area contributed by atoms with E-state index >= 15 is 0 Å². The zero-order valence-corrected chi connectivity index (χ0v) is 14.1. The lowest BCUT2D eigenvalue weighted by molar-refractivity contribution is 0.151. The van der Waals surface area contributed by atoms with Gasteiger partial charge in [-0.25, -0.2) is 4.79 Å². The molecule has 0 radical (unpaired) electrons. The number of rotatable bonds is 7. The summed E-state index contributed by atoms with van der Waals surface area (Å²) in [5.74, 6) is 0.930.